The summed E-state index contributed by atoms with van der Waals surface area (Å²) in [6, 6.07) is 1.36. The largest absolute Gasteiger partial charge is 0.480 e. The summed E-state index contributed by atoms with van der Waals surface area (Å²) in [4.78, 5) is 22.9. The fourth-order valence-corrected chi connectivity index (χ4v) is 4.20. The van der Waals surface area contributed by atoms with Crippen molar-refractivity contribution in [1.29, 1.82) is 0 Å². The van der Waals surface area contributed by atoms with Crippen LogP contribution in [0, 0.1) is 0 Å². The number of anilines is 3. The maximum atomic E-state index is 11.7. The molecule has 9 nitrogen and oxygen atoms in total. The van der Waals surface area contributed by atoms with Gasteiger partial charge in [-0.1, -0.05) is 0 Å². The molecule has 3 aliphatic rings. The van der Waals surface area contributed by atoms with Gasteiger partial charge in [-0.15, -0.1) is 0 Å². The zero-order valence-electron chi connectivity index (χ0n) is 15.8. The van der Waals surface area contributed by atoms with Crippen LogP contribution in [0.15, 0.2) is 6.07 Å². The van der Waals surface area contributed by atoms with Crippen LogP contribution in [0.2, 0.25) is 0 Å². The lowest BCUT2D eigenvalue weighted by molar-refractivity contribution is -0.138. The molecule has 2 atom stereocenters. The number of fused-ring (bicyclic) bond motifs is 1. The molecule has 2 aromatic heterocycles. The summed E-state index contributed by atoms with van der Waals surface area (Å²) >= 11 is 0. The van der Waals surface area contributed by atoms with Crippen LogP contribution < -0.4 is 10.2 Å². The van der Waals surface area contributed by atoms with E-state index in [9.17, 15) is 9.90 Å². The molecule has 2 aliphatic carbocycles. The minimum Gasteiger partial charge on any atom is -0.480 e. The number of aliphatic carboxylic acids is 1. The Morgan fingerprint density at radius 2 is 2.21 bits per heavy atom. The van der Waals surface area contributed by atoms with Crippen LogP contribution in [0.4, 0.5) is 17.6 Å². The van der Waals surface area contributed by atoms with E-state index in [2.05, 4.69) is 15.5 Å². The van der Waals surface area contributed by atoms with E-state index in [1.807, 2.05) is 6.07 Å². The molecular formula is C19H24N6O3. The van der Waals surface area contributed by atoms with Gasteiger partial charge in [-0.3, -0.25) is 5.10 Å². The van der Waals surface area contributed by atoms with E-state index in [1.165, 1.54) is 12.8 Å². The monoisotopic (exact) mass is 384 g/mol. The van der Waals surface area contributed by atoms with Gasteiger partial charge in [0.15, 0.2) is 5.82 Å². The maximum Gasteiger partial charge on any atom is 0.326 e. The first-order valence-electron chi connectivity index (χ1n) is 9.86. The van der Waals surface area contributed by atoms with Crippen LogP contribution in [0.5, 0.6) is 0 Å². The first kappa shape index (κ1) is 17.4. The number of hydrogen-bond donors (Lipinski definition) is 3. The Balaban J connectivity index is 1.47. The summed E-state index contributed by atoms with van der Waals surface area (Å²) < 4.78 is 5.40. The fraction of sp³-hybridized carbons (Fsp3) is 0.579. The van der Waals surface area contributed by atoms with Crippen molar-refractivity contribution >= 4 is 23.6 Å². The number of aromatic nitrogens is 4. The van der Waals surface area contributed by atoms with Gasteiger partial charge in [0.05, 0.1) is 11.8 Å². The van der Waals surface area contributed by atoms with Gasteiger partial charge in [0.1, 0.15) is 11.9 Å². The first-order valence-corrected chi connectivity index (χ1v) is 9.86. The van der Waals surface area contributed by atoms with E-state index < -0.39 is 12.0 Å². The smallest absolute Gasteiger partial charge is 0.326 e. The molecule has 148 valence electrons. The highest BCUT2D eigenvalue weighted by atomic mass is 16.5. The van der Waals surface area contributed by atoms with Gasteiger partial charge < -0.3 is 20.1 Å². The third kappa shape index (κ3) is 3.09. The van der Waals surface area contributed by atoms with Crippen LogP contribution in [0.1, 0.15) is 48.6 Å². The predicted molar refractivity (Wildman–Crippen MR) is 102 cm³/mol. The van der Waals surface area contributed by atoms with Crippen molar-refractivity contribution < 1.29 is 14.6 Å². The summed E-state index contributed by atoms with van der Waals surface area (Å²) in [7, 11) is 1.61. The molecule has 2 aromatic rings. The first-order chi connectivity index (χ1) is 13.6. The molecule has 3 N–H and O–H groups in total. The second-order valence-corrected chi connectivity index (χ2v) is 7.86. The minimum atomic E-state index is -0.875. The van der Waals surface area contributed by atoms with Gasteiger partial charge in [-0.05, 0) is 32.1 Å². The van der Waals surface area contributed by atoms with E-state index in [0.717, 1.165) is 47.8 Å². The molecule has 1 saturated carbocycles. The number of aryl methyl sites for hydroxylation is 1. The van der Waals surface area contributed by atoms with E-state index >= 15 is 0 Å². The highest BCUT2D eigenvalue weighted by Crippen LogP contribution is 2.40. The fourth-order valence-electron chi connectivity index (χ4n) is 4.20. The number of ether oxygens (including phenoxy) is 1. The van der Waals surface area contributed by atoms with Crippen LogP contribution >= 0.6 is 0 Å². The molecule has 28 heavy (non-hydrogen) atoms. The topological polar surface area (TPSA) is 116 Å². The molecule has 0 amide bonds. The molecule has 0 radical (unpaired) electrons. The lowest BCUT2D eigenvalue weighted by Crippen LogP contribution is -2.37. The molecule has 0 spiro atoms. The van der Waals surface area contributed by atoms with Crippen molar-refractivity contribution in [2.45, 2.75) is 56.6 Å². The summed E-state index contributed by atoms with van der Waals surface area (Å²) in [5.41, 5.74) is 3.26. The average Bonchev–Trinajstić information content (AvgIpc) is 3.11. The number of nitrogens with one attached hydrogen (secondary N) is 2. The third-order valence-electron chi connectivity index (χ3n) is 5.92. The Hall–Kier alpha value is -2.68. The number of carboxylic acid groups (broad SMARTS) is 1. The zero-order chi connectivity index (χ0) is 19.3. The number of nitrogens with zero attached hydrogens (tertiary/aromatic N) is 4. The van der Waals surface area contributed by atoms with E-state index in [1.54, 1.807) is 12.0 Å². The Labute approximate surface area is 162 Å². The van der Waals surface area contributed by atoms with Gasteiger partial charge in [0.2, 0.25) is 5.95 Å². The Morgan fingerprint density at radius 3 is 2.96 bits per heavy atom. The molecule has 5 rings (SSSR count). The third-order valence-corrected chi connectivity index (χ3v) is 5.92. The molecule has 2 fully saturated rings. The van der Waals surface area contributed by atoms with Gasteiger partial charge in [0.25, 0.3) is 0 Å². The highest BCUT2D eigenvalue weighted by Gasteiger charge is 2.39. The predicted octanol–water partition coefficient (Wildman–Crippen LogP) is 1.99. The molecule has 2 unspecified atom stereocenters. The van der Waals surface area contributed by atoms with Crippen molar-refractivity contribution in [2.24, 2.45) is 0 Å². The normalized spacial score (nSPS) is 23.8. The molecular weight excluding hydrogens is 360 g/mol. The van der Waals surface area contributed by atoms with Crippen LogP contribution in [0.25, 0.3) is 0 Å². The number of carbonyl (C=O) groups is 1. The summed E-state index contributed by atoms with van der Waals surface area (Å²) in [5.74, 6) is 1.65. The van der Waals surface area contributed by atoms with Crippen LogP contribution in [-0.2, 0) is 22.4 Å². The number of rotatable bonds is 6. The molecule has 1 saturated heterocycles. The molecule has 0 aromatic carbocycles. The standard InChI is InChI=1S/C19H24N6O3/c1-28-11-7-15(18(26)27)25(9-11)19-20-13-4-2-3-12(13)17(22-19)21-16-8-14(23-24-16)10-5-6-10/h8,10-11,15H,2-7,9H2,1H3,(H,26,27)(H2,20,21,22,23,24). The van der Waals surface area contributed by atoms with Crippen LogP contribution in [-0.4, -0.2) is 57.0 Å². The van der Waals surface area contributed by atoms with Gasteiger partial charge in [0, 0.05) is 43.3 Å². The second kappa shape index (κ2) is 6.73. The number of hydrogen-bond acceptors (Lipinski definition) is 7. The van der Waals surface area contributed by atoms with Gasteiger partial charge in [-0.25, -0.2) is 9.78 Å². The van der Waals surface area contributed by atoms with E-state index in [-0.39, 0.29) is 6.10 Å². The molecule has 1 aliphatic heterocycles. The Morgan fingerprint density at radius 1 is 1.36 bits per heavy atom. The number of carboxylic acids is 1. The van der Waals surface area contributed by atoms with Crippen molar-refractivity contribution in [2.75, 3.05) is 23.9 Å². The number of methoxy groups -OCH3 is 1. The van der Waals surface area contributed by atoms with E-state index in [0.29, 0.717) is 24.8 Å². The van der Waals surface area contributed by atoms with Crippen molar-refractivity contribution in [3.8, 4) is 0 Å². The molecule has 9 heteroatoms. The van der Waals surface area contributed by atoms with Crippen molar-refractivity contribution in [3.05, 3.63) is 23.0 Å². The molecule has 0 bridgehead atoms. The Kier molecular flexibility index (Phi) is 4.19. The SMILES string of the molecule is COC1CC(C(=O)O)N(c2nc3c(c(Nc4cc(C5CC5)[nH]n4)n2)CCC3)C1. The number of H-pyrrole nitrogens is 1. The van der Waals surface area contributed by atoms with Crippen LogP contribution in [0.3, 0.4) is 0 Å². The van der Waals surface area contributed by atoms with E-state index in [4.69, 9.17) is 14.7 Å². The quantitative estimate of drug-likeness (QED) is 0.692. The summed E-state index contributed by atoms with van der Waals surface area (Å²) in [6.45, 7) is 0.472. The summed E-state index contributed by atoms with van der Waals surface area (Å²) in [6.07, 6.45) is 5.54. The van der Waals surface area contributed by atoms with Gasteiger partial charge in [-0.2, -0.15) is 10.1 Å². The summed E-state index contributed by atoms with van der Waals surface area (Å²) in [5, 5.41) is 20.4. The minimum absolute atomic E-state index is 0.137. The highest BCUT2D eigenvalue weighted by molar-refractivity contribution is 5.78. The lowest BCUT2D eigenvalue weighted by Gasteiger charge is -2.22. The molecule has 3 heterocycles. The average molecular weight is 384 g/mol. The second-order valence-electron chi connectivity index (χ2n) is 7.86. The van der Waals surface area contributed by atoms with Crippen molar-refractivity contribution in [1.82, 2.24) is 20.2 Å². The van der Waals surface area contributed by atoms with Crippen molar-refractivity contribution in [3.63, 3.8) is 0 Å². The Bertz CT molecular complexity index is 909. The zero-order valence-corrected chi connectivity index (χ0v) is 15.8. The maximum absolute atomic E-state index is 11.7. The van der Waals surface area contributed by atoms with Gasteiger partial charge >= 0.3 is 5.97 Å². The number of aromatic amines is 1. The lowest BCUT2D eigenvalue weighted by atomic mass is 10.2.